The zero-order valence-corrected chi connectivity index (χ0v) is 19.8. The summed E-state index contributed by atoms with van der Waals surface area (Å²) >= 11 is 0. The van der Waals surface area contributed by atoms with Crippen LogP contribution in [0.4, 0.5) is 5.69 Å². The maximum absolute atomic E-state index is 12.7. The number of sulfonamides is 2. The fraction of sp³-hybridized carbons (Fsp3) is 0.381. The molecule has 2 aromatic carbocycles. The van der Waals surface area contributed by atoms with Crippen molar-refractivity contribution < 1.29 is 31.1 Å². The van der Waals surface area contributed by atoms with E-state index in [1.807, 2.05) is 6.92 Å². The molecule has 0 unspecified atom stereocenters. The Labute approximate surface area is 194 Å². The van der Waals surface area contributed by atoms with Crippen LogP contribution < -0.4 is 14.8 Å². The van der Waals surface area contributed by atoms with Crippen molar-refractivity contribution in [2.45, 2.75) is 11.8 Å². The van der Waals surface area contributed by atoms with Crippen molar-refractivity contribution in [1.82, 2.24) is 9.62 Å². The van der Waals surface area contributed by atoms with Crippen molar-refractivity contribution in [3.05, 3.63) is 54.1 Å². The lowest BCUT2D eigenvalue weighted by molar-refractivity contribution is 0.0730. The minimum atomic E-state index is -3.87. The van der Waals surface area contributed by atoms with Gasteiger partial charge in [0.1, 0.15) is 5.75 Å². The van der Waals surface area contributed by atoms with Gasteiger partial charge in [0, 0.05) is 30.9 Å². The molecule has 3 rings (SSSR count). The average molecular weight is 498 g/mol. The second-order valence-electron chi connectivity index (χ2n) is 7.17. The number of carbonyl (C=O) groups excluding carboxylic acids is 1. The van der Waals surface area contributed by atoms with E-state index in [1.165, 1.54) is 40.7 Å². The van der Waals surface area contributed by atoms with Gasteiger partial charge in [0.25, 0.3) is 15.9 Å². The van der Waals surface area contributed by atoms with E-state index in [2.05, 4.69) is 10.0 Å². The molecule has 2 aromatic rings. The molecule has 2 N–H and O–H groups in total. The molecule has 1 heterocycles. The molecule has 0 aliphatic carbocycles. The lowest BCUT2D eigenvalue weighted by Crippen LogP contribution is -2.43. The Morgan fingerprint density at radius 1 is 1.06 bits per heavy atom. The van der Waals surface area contributed by atoms with Gasteiger partial charge < -0.3 is 14.8 Å². The second-order valence-corrected chi connectivity index (χ2v) is 10.9. The highest BCUT2D eigenvalue weighted by Gasteiger charge is 2.24. The second kappa shape index (κ2) is 11.0. The number of amides is 1. The molecule has 0 bridgehead atoms. The molecule has 12 heteroatoms. The first-order valence-corrected chi connectivity index (χ1v) is 13.5. The summed E-state index contributed by atoms with van der Waals surface area (Å²) in [6.07, 6.45) is 0. The van der Waals surface area contributed by atoms with Gasteiger partial charge in [-0.25, -0.2) is 16.8 Å². The van der Waals surface area contributed by atoms with Crippen LogP contribution >= 0.6 is 0 Å². The summed E-state index contributed by atoms with van der Waals surface area (Å²) in [5.74, 6) is -0.178. The van der Waals surface area contributed by atoms with Crippen molar-refractivity contribution in [2.24, 2.45) is 0 Å². The molecule has 1 saturated heterocycles. The van der Waals surface area contributed by atoms with E-state index in [0.29, 0.717) is 38.7 Å². The minimum absolute atomic E-state index is 0.0501. The topological polar surface area (TPSA) is 131 Å². The van der Waals surface area contributed by atoms with Gasteiger partial charge in [-0.3, -0.25) is 9.52 Å². The predicted molar refractivity (Wildman–Crippen MR) is 123 cm³/mol. The van der Waals surface area contributed by atoms with Crippen molar-refractivity contribution in [1.29, 1.82) is 0 Å². The van der Waals surface area contributed by atoms with Gasteiger partial charge in [0.2, 0.25) is 10.0 Å². The molecule has 10 nitrogen and oxygen atoms in total. The Kier molecular flexibility index (Phi) is 8.30. The van der Waals surface area contributed by atoms with Gasteiger partial charge in [-0.05, 0) is 49.4 Å². The fourth-order valence-electron chi connectivity index (χ4n) is 3.17. The van der Waals surface area contributed by atoms with Gasteiger partial charge in [-0.15, -0.1) is 0 Å². The quantitative estimate of drug-likeness (QED) is 0.505. The van der Waals surface area contributed by atoms with Crippen LogP contribution in [0.25, 0.3) is 0 Å². The Morgan fingerprint density at radius 3 is 2.42 bits per heavy atom. The van der Waals surface area contributed by atoms with Crippen LogP contribution in [-0.2, 0) is 24.8 Å². The van der Waals surface area contributed by atoms with Crippen molar-refractivity contribution in [3.63, 3.8) is 0 Å². The number of anilines is 1. The molecule has 1 fully saturated rings. The van der Waals surface area contributed by atoms with E-state index in [1.54, 1.807) is 12.1 Å². The highest BCUT2D eigenvalue weighted by molar-refractivity contribution is 7.92. The molecule has 0 radical (unpaired) electrons. The molecule has 0 spiro atoms. The molecule has 1 amide bonds. The molecule has 180 valence electrons. The monoisotopic (exact) mass is 497 g/mol. The number of morpholine rings is 1. The first-order valence-electron chi connectivity index (χ1n) is 10.4. The summed E-state index contributed by atoms with van der Waals surface area (Å²) in [5, 5.41) is 2.57. The van der Waals surface area contributed by atoms with Gasteiger partial charge in [-0.2, -0.15) is 4.31 Å². The SMILES string of the molecule is CCOc1ccc(S(=O)(=O)Nc2cccc(C(=O)NCCS(=O)(=O)N3CCOCC3)c2)cc1. The molecule has 0 aromatic heterocycles. The summed E-state index contributed by atoms with van der Waals surface area (Å²) in [4.78, 5) is 12.5. The van der Waals surface area contributed by atoms with E-state index in [4.69, 9.17) is 9.47 Å². The summed E-state index contributed by atoms with van der Waals surface area (Å²) < 4.78 is 64.2. The number of hydrogen-bond acceptors (Lipinski definition) is 7. The number of benzene rings is 2. The number of hydrogen-bond donors (Lipinski definition) is 2. The van der Waals surface area contributed by atoms with Crippen LogP contribution in [-0.4, -0.2) is 72.3 Å². The molecule has 1 aliphatic heterocycles. The van der Waals surface area contributed by atoms with E-state index < -0.39 is 26.0 Å². The summed E-state index contributed by atoms with van der Waals surface area (Å²) in [6.45, 7) is 3.53. The Morgan fingerprint density at radius 2 is 1.76 bits per heavy atom. The third-order valence-corrected chi connectivity index (χ3v) is 8.10. The van der Waals surface area contributed by atoms with Gasteiger partial charge in [0.05, 0.1) is 30.5 Å². The number of carbonyl (C=O) groups is 1. The van der Waals surface area contributed by atoms with E-state index in [9.17, 15) is 21.6 Å². The first kappa shape index (κ1) is 25.0. The van der Waals surface area contributed by atoms with Crippen LogP contribution in [0.15, 0.2) is 53.4 Å². The lowest BCUT2D eigenvalue weighted by atomic mass is 10.2. The lowest BCUT2D eigenvalue weighted by Gasteiger charge is -2.26. The first-order chi connectivity index (χ1) is 15.7. The summed E-state index contributed by atoms with van der Waals surface area (Å²) in [6, 6.07) is 11.9. The Bertz CT molecular complexity index is 1160. The van der Waals surface area contributed by atoms with E-state index in [0.717, 1.165) is 0 Å². The predicted octanol–water partition coefficient (Wildman–Crippen LogP) is 1.28. The van der Waals surface area contributed by atoms with Crippen molar-refractivity contribution in [2.75, 3.05) is 49.9 Å². The number of nitrogens with zero attached hydrogens (tertiary/aromatic N) is 1. The third-order valence-electron chi connectivity index (χ3n) is 4.83. The van der Waals surface area contributed by atoms with Crippen LogP contribution in [0.3, 0.4) is 0 Å². The van der Waals surface area contributed by atoms with E-state index >= 15 is 0 Å². The zero-order valence-electron chi connectivity index (χ0n) is 18.2. The van der Waals surface area contributed by atoms with Gasteiger partial charge in [-0.1, -0.05) is 6.07 Å². The molecule has 33 heavy (non-hydrogen) atoms. The Hall–Kier alpha value is -2.67. The highest BCUT2D eigenvalue weighted by Crippen LogP contribution is 2.20. The van der Waals surface area contributed by atoms with Crippen LogP contribution in [0.5, 0.6) is 5.75 Å². The fourth-order valence-corrected chi connectivity index (χ4v) is 5.54. The van der Waals surface area contributed by atoms with Gasteiger partial charge >= 0.3 is 0 Å². The summed E-state index contributed by atoms with van der Waals surface area (Å²) in [7, 11) is -7.36. The largest absolute Gasteiger partial charge is 0.494 e. The standard InChI is InChI=1S/C21H27N3O7S2/c1-2-31-19-6-8-20(9-7-19)33(28,29)23-18-5-3-4-17(16-18)21(25)22-10-15-32(26,27)24-11-13-30-14-12-24/h3-9,16,23H,2,10-15H2,1H3,(H,22,25). The van der Waals surface area contributed by atoms with Gasteiger partial charge in [0.15, 0.2) is 0 Å². The van der Waals surface area contributed by atoms with E-state index in [-0.39, 0.29) is 28.4 Å². The number of rotatable bonds is 10. The number of nitrogens with one attached hydrogen (secondary N) is 2. The van der Waals surface area contributed by atoms with Crippen LogP contribution in [0.2, 0.25) is 0 Å². The van der Waals surface area contributed by atoms with Crippen LogP contribution in [0.1, 0.15) is 17.3 Å². The molecule has 0 saturated carbocycles. The number of ether oxygens (including phenoxy) is 2. The Balaban J connectivity index is 1.59. The molecular weight excluding hydrogens is 470 g/mol. The molecule has 0 atom stereocenters. The normalized spacial score (nSPS) is 15.1. The van der Waals surface area contributed by atoms with Crippen LogP contribution in [0, 0.1) is 0 Å². The smallest absolute Gasteiger partial charge is 0.261 e. The minimum Gasteiger partial charge on any atom is -0.494 e. The molecule has 1 aliphatic rings. The third kappa shape index (κ3) is 6.90. The van der Waals surface area contributed by atoms with Crippen molar-refractivity contribution in [3.8, 4) is 5.75 Å². The average Bonchev–Trinajstić information content (AvgIpc) is 2.80. The summed E-state index contributed by atoms with van der Waals surface area (Å²) in [5.41, 5.74) is 0.406. The highest BCUT2D eigenvalue weighted by atomic mass is 32.2. The zero-order chi connectivity index (χ0) is 23.9. The molecular formula is C21H27N3O7S2. The maximum atomic E-state index is 12.7. The maximum Gasteiger partial charge on any atom is 0.261 e. The van der Waals surface area contributed by atoms with Crippen molar-refractivity contribution >= 4 is 31.6 Å².